The van der Waals surface area contributed by atoms with Crippen molar-refractivity contribution in [2.75, 3.05) is 0 Å². The molecule has 2 unspecified atom stereocenters. The molecule has 1 aliphatic rings. The molecule has 26 heavy (non-hydrogen) atoms. The number of rotatable bonds is 4. The van der Waals surface area contributed by atoms with Crippen molar-refractivity contribution in [2.45, 2.75) is 45.1 Å². The first-order chi connectivity index (χ1) is 12.3. The number of carbonyl (C=O) groups is 2. The minimum absolute atomic E-state index is 0.0391. The van der Waals surface area contributed by atoms with Crippen molar-refractivity contribution in [2.24, 2.45) is 5.92 Å². The number of benzene rings is 1. The van der Waals surface area contributed by atoms with Crippen LogP contribution < -0.4 is 5.32 Å². The largest absolute Gasteiger partial charge is 0.481 e. The number of nitrogens with zero attached hydrogens (tertiary/aromatic N) is 3. The van der Waals surface area contributed by atoms with E-state index in [9.17, 15) is 19.1 Å². The van der Waals surface area contributed by atoms with Gasteiger partial charge in [0.2, 0.25) is 5.82 Å². The second kappa shape index (κ2) is 6.86. The second-order valence-electron chi connectivity index (χ2n) is 6.88. The number of aryl methyl sites for hydroxylation is 1. The lowest BCUT2D eigenvalue weighted by atomic mass is 9.74. The summed E-state index contributed by atoms with van der Waals surface area (Å²) in [7, 11) is 0. The molecular formula is C18H21FN4O3. The van der Waals surface area contributed by atoms with Crippen molar-refractivity contribution in [3.05, 3.63) is 41.7 Å². The molecule has 2 aromatic rings. The Morgan fingerprint density at radius 2 is 2.00 bits per heavy atom. The Morgan fingerprint density at radius 3 is 2.65 bits per heavy atom. The van der Waals surface area contributed by atoms with Gasteiger partial charge >= 0.3 is 5.97 Å². The van der Waals surface area contributed by atoms with Crippen LogP contribution in [-0.4, -0.2) is 37.3 Å². The van der Waals surface area contributed by atoms with Crippen LogP contribution in [0, 0.1) is 18.7 Å². The summed E-state index contributed by atoms with van der Waals surface area (Å²) < 4.78 is 14.5. The molecule has 138 valence electrons. The van der Waals surface area contributed by atoms with Gasteiger partial charge in [0.15, 0.2) is 0 Å². The van der Waals surface area contributed by atoms with Gasteiger partial charge in [0.1, 0.15) is 11.6 Å². The van der Waals surface area contributed by atoms with Crippen LogP contribution >= 0.6 is 0 Å². The zero-order valence-corrected chi connectivity index (χ0v) is 14.7. The van der Waals surface area contributed by atoms with Gasteiger partial charge in [-0.2, -0.15) is 0 Å². The van der Waals surface area contributed by atoms with Gasteiger partial charge in [-0.15, -0.1) is 5.10 Å². The Morgan fingerprint density at radius 1 is 1.31 bits per heavy atom. The third-order valence-electron chi connectivity index (χ3n) is 4.95. The van der Waals surface area contributed by atoms with Crippen molar-refractivity contribution in [3.63, 3.8) is 0 Å². The monoisotopic (exact) mass is 360 g/mol. The van der Waals surface area contributed by atoms with Crippen LogP contribution in [0.5, 0.6) is 0 Å². The number of carboxylic acids is 1. The van der Waals surface area contributed by atoms with Crippen molar-refractivity contribution in [3.8, 4) is 5.69 Å². The molecule has 2 N–H and O–H groups in total. The number of aromatic nitrogens is 3. The Hall–Kier alpha value is -2.77. The summed E-state index contributed by atoms with van der Waals surface area (Å²) in [4.78, 5) is 28.4. The van der Waals surface area contributed by atoms with Gasteiger partial charge in [0, 0.05) is 0 Å². The van der Waals surface area contributed by atoms with Gasteiger partial charge in [-0.05, 0) is 51.0 Å². The van der Waals surface area contributed by atoms with Crippen LogP contribution in [0.25, 0.3) is 5.69 Å². The van der Waals surface area contributed by atoms with Gasteiger partial charge in [0.25, 0.3) is 5.91 Å². The van der Waals surface area contributed by atoms with Gasteiger partial charge in [-0.1, -0.05) is 12.8 Å². The van der Waals surface area contributed by atoms with Crippen LogP contribution in [0.1, 0.15) is 49.1 Å². The number of carboxylic acid groups (broad SMARTS) is 1. The molecule has 0 saturated heterocycles. The zero-order valence-electron chi connectivity index (χ0n) is 14.7. The van der Waals surface area contributed by atoms with E-state index in [1.165, 1.54) is 16.8 Å². The van der Waals surface area contributed by atoms with Gasteiger partial charge < -0.3 is 10.4 Å². The fourth-order valence-corrected chi connectivity index (χ4v) is 3.51. The number of aliphatic carboxylic acids is 1. The highest BCUT2D eigenvalue weighted by atomic mass is 19.1. The summed E-state index contributed by atoms with van der Waals surface area (Å²) in [6.45, 7) is 3.45. The summed E-state index contributed by atoms with van der Waals surface area (Å²) in [5, 5.41) is 16.5. The number of carbonyl (C=O) groups excluding carboxylic acids is 1. The molecule has 1 heterocycles. The van der Waals surface area contributed by atoms with Gasteiger partial charge in [0.05, 0.1) is 17.1 Å². The molecule has 1 fully saturated rings. The Balaban J connectivity index is 1.83. The van der Waals surface area contributed by atoms with Crippen LogP contribution in [-0.2, 0) is 4.79 Å². The van der Waals surface area contributed by atoms with E-state index >= 15 is 0 Å². The zero-order chi connectivity index (χ0) is 18.9. The predicted molar refractivity (Wildman–Crippen MR) is 91.5 cm³/mol. The summed E-state index contributed by atoms with van der Waals surface area (Å²) in [5.74, 6) is -1.99. The number of halogens is 1. The fraction of sp³-hybridized carbons (Fsp3) is 0.444. The average molecular weight is 360 g/mol. The fourth-order valence-electron chi connectivity index (χ4n) is 3.51. The lowest BCUT2D eigenvalue weighted by Gasteiger charge is -2.39. The molecule has 0 bridgehead atoms. The molecule has 1 aromatic heterocycles. The van der Waals surface area contributed by atoms with Crippen molar-refractivity contribution in [1.29, 1.82) is 0 Å². The molecular weight excluding hydrogens is 339 g/mol. The molecule has 0 radical (unpaired) electrons. The van der Waals surface area contributed by atoms with E-state index in [-0.39, 0.29) is 11.6 Å². The Bertz CT molecular complexity index is 833. The third kappa shape index (κ3) is 3.44. The summed E-state index contributed by atoms with van der Waals surface area (Å²) in [6, 6.07) is 5.69. The maximum atomic E-state index is 13.1. The molecule has 8 heteroatoms. The van der Waals surface area contributed by atoms with E-state index in [4.69, 9.17) is 0 Å². The highest BCUT2D eigenvalue weighted by molar-refractivity contribution is 5.91. The van der Waals surface area contributed by atoms with E-state index in [2.05, 4.69) is 15.4 Å². The van der Waals surface area contributed by atoms with Crippen LogP contribution in [0.2, 0.25) is 0 Å². The number of hydrogen-bond acceptors (Lipinski definition) is 4. The van der Waals surface area contributed by atoms with E-state index in [1.807, 2.05) is 0 Å². The second-order valence-corrected chi connectivity index (χ2v) is 6.88. The van der Waals surface area contributed by atoms with Crippen molar-refractivity contribution < 1.29 is 19.1 Å². The maximum absolute atomic E-state index is 13.1. The third-order valence-corrected chi connectivity index (χ3v) is 4.95. The molecule has 0 spiro atoms. The molecule has 0 aliphatic heterocycles. The standard InChI is InChI=1S/C18H21FN4O3/c1-11-20-15(22-23(11)13-8-6-12(19)7-9-13)16(24)21-18(2)10-4-3-5-14(18)17(25)26/h6-9,14H,3-5,10H2,1-2H3,(H,21,24)(H,25,26). The number of amides is 1. The average Bonchev–Trinajstić information content (AvgIpc) is 2.97. The Kier molecular flexibility index (Phi) is 4.76. The number of nitrogens with one attached hydrogen (secondary N) is 1. The molecule has 1 amide bonds. The van der Waals surface area contributed by atoms with Crippen molar-refractivity contribution in [1.82, 2.24) is 20.1 Å². The first-order valence-corrected chi connectivity index (χ1v) is 8.55. The lowest BCUT2D eigenvalue weighted by molar-refractivity contribution is -0.145. The SMILES string of the molecule is Cc1nc(C(=O)NC2(C)CCCCC2C(=O)O)nn1-c1ccc(F)cc1. The summed E-state index contributed by atoms with van der Waals surface area (Å²) in [5.41, 5.74) is -0.251. The first kappa shape index (κ1) is 18.0. The van der Waals surface area contributed by atoms with Crippen molar-refractivity contribution >= 4 is 11.9 Å². The topological polar surface area (TPSA) is 97.1 Å². The Labute approximate surface area is 150 Å². The lowest BCUT2D eigenvalue weighted by Crippen LogP contribution is -2.55. The molecule has 3 rings (SSSR count). The first-order valence-electron chi connectivity index (χ1n) is 8.55. The van der Waals surface area contributed by atoms with Crippen LogP contribution in [0.15, 0.2) is 24.3 Å². The smallest absolute Gasteiger partial charge is 0.308 e. The minimum atomic E-state index is -0.909. The quantitative estimate of drug-likeness (QED) is 0.873. The summed E-state index contributed by atoms with van der Waals surface area (Å²) >= 11 is 0. The van der Waals surface area contributed by atoms with Gasteiger partial charge in [-0.25, -0.2) is 14.1 Å². The predicted octanol–water partition coefficient (Wildman–Crippen LogP) is 2.48. The number of hydrogen-bond donors (Lipinski definition) is 2. The molecule has 2 atom stereocenters. The van der Waals surface area contributed by atoms with E-state index in [0.717, 1.165) is 12.8 Å². The normalized spacial score (nSPS) is 22.8. The summed E-state index contributed by atoms with van der Waals surface area (Å²) in [6.07, 6.45) is 2.81. The molecule has 1 saturated carbocycles. The molecule has 1 aromatic carbocycles. The van der Waals surface area contributed by atoms with E-state index < -0.39 is 23.3 Å². The highest BCUT2D eigenvalue weighted by Crippen LogP contribution is 2.34. The molecule has 7 nitrogen and oxygen atoms in total. The maximum Gasteiger partial charge on any atom is 0.308 e. The van der Waals surface area contributed by atoms with E-state index in [0.29, 0.717) is 24.4 Å². The molecule has 1 aliphatic carbocycles. The van der Waals surface area contributed by atoms with Crippen LogP contribution in [0.4, 0.5) is 4.39 Å². The van der Waals surface area contributed by atoms with Crippen LogP contribution in [0.3, 0.4) is 0 Å². The van der Waals surface area contributed by atoms with Gasteiger partial charge in [-0.3, -0.25) is 9.59 Å². The minimum Gasteiger partial charge on any atom is -0.481 e. The highest BCUT2D eigenvalue weighted by Gasteiger charge is 2.42. The van der Waals surface area contributed by atoms with E-state index in [1.54, 1.807) is 26.0 Å².